The zero-order chi connectivity index (χ0) is 14.1. The molecule has 2 aromatic rings. The number of piperidine rings is 1. The summed E-state index contributed by atoms with van der Waals surface area (Å²) in [4.78, 5) is 19.0. The minimum Gasteiger partial charge on any atom is -0.337 e. The van der Waals surface area contributed by atoms with Crippen LogP contribution in [-0.4, -0.2) is 34.9 Å². The van der Waals surface area contributed by atoms with Gasteiger partial charge in [-0.15, -0.1) is 0 Å². The Hall–Kier alpha value is -1.94. The summed E-state index contributed by atoms with van der Waals surface area (Å²) in [5.74, 6) is 0.0518. The predicted octanol–water partition coefficient (Wildman–Crippen LogP) is 2.11. The largest absolute Gasteiger partial charge is 0.337 e. The van der Waals surface area contributed by atoms with E-state index in [1.807, 2.05) is 42.2 Å². The third-order valence-electron chi connectivity index (χ3n) is 3.89. The van der Waals surface area contributed by atoms with Crippen LogP contribution in [-0.2, 0) is 0 Å². The summed E-state index contributed by atoms with van der Waals surface area (Å²) >= 11 is 0. The first-order valence-corrected chi connectivity index (χ1v) is 7.06. The Morgan fingerprint density at radius 2 is 2.20 bits per heavy atom. The van der Waals surface area contributed by atoms with Gasteiger partial charge in [-0.3, -0.25) is 9.78 Å². The molecule has 2 N–H and O–H groups in total. The van der Waals surface area contributed by atoms with Gasteiger partial charge in [0.1, 0.15) is 0 Å². The van der Waals surface area contributed by atoms with Gasteiger partial charge >= 0.3 is 0 Å². The number of amides is 1. The Morgan fingerprint density at radius 1 is 1.40 bits per heavy atom. The van der Waals surface area contributed by atoms with Crippen LogP contribution in [0, 0.1) is 6.92 Å². The number of carbonyl (C=O) groups excluding carboxylic acids is 1. The van der Waals surface area contributed by atoms with Gasteiger partial charge in [0.2, 0.25) is 0 Å². The molecule has 104 valence electrons. The molecule has 1 saturated heterocycles. The van der Waals surface area contributed by atoms with Crippen LogP contribution < -0.4 is 5.73 Å². The van der Waals surface area contributed by atoms with Crippen molar-refractivity contribution in [3.05, 3.63) is 41.6 Å². The normalized spacial score (nSPS) is 19.3. The second-order valence-corrected chi connectivity index (χ2v) is 5.47. The van der Waals surface area contributed by atoms with Crippen molar-refractivity contribution in [3.63, 3.8) is 0 Å². The van der Waals surface area contributed by atoms with Crippen LogP contribution in [0.15, 0.2) is 30.3 Å². The molecule has 3 rings (SSSR count). The smallest absolute Gasteiger partial charge is 0.255 e. The molecule has 0 unspecified atom stereocenters. The molecular weight excluding hydrogens is 250 g/mol. The van der Waals surface area contributed by atoms with E-state index in [4.69, 9.17) is 5.73 Å². The molecule has 0 saturated carbocycles. The lowest BCUT2D eigenvalue weighted by Gasteiger charge is -2.31. The van der Waals surface area contributed by atoms with Crippen LogP contribution in [0.5, 0.6) is 0 Å². The summed E-state index contributed by atoms with van der Waals surface area (Å²) in [5.41, 5.74) is 8.37. The van der Waals surface area contributed by atoms with Crippen molar-refractivity contribution in [2.24, 2.45) is 5.73 Å². The standard InChI is InChI=1S/C16H19N3O/c1-11-14(9-12-5-2-3-7-15(12)18-11)16(20)19-8-4-6-13(17)10-19/h2-3,5,7,9,13H,4,6,8,10,17H2,1H3/t13-/m0/s1. The van der Waals surface area contributed by atoms with E-state index in [2.05, 4.69) is 4.98 Å². The number of pyridine rings is 1. The third kappa shape index (κ3) is 2.39. The summed E-state index contributed by atoms with van der Waals surface area (Å²) in [6, 6.07) is 9.92. The average molecular weight is 269 g/mol. The van der Waals surface area contributed by atoms with E-state index in [9.17, 15) is 4.79 Å². The molecule has 1 amide bonds. The van der Waals surface area contributed by atoms with Gasteiger partial charge in [0.15, 0.2) is 0 Å². The first-order valence-electron chi connectivity index (χ1n) is 7.06. The minimum atomic E-state index is 0.0518. The Kier molecular flexibility index (Phi) is 3.40. The van der Waals surface area contributed by atoms with E-state index < -0.39 is 0 Å². The van der Waals surface area contributed by atoms with E-state index in [0.717, 1.165) is 36.0 Å². The number of aromatic nitrogens is 1. The maximum absolute atomic E-state index is 12.6. The number of carbonyl (C=O) groups is 1. The number of nitrogens with zero attached hydrogens (tertiary/aromatic N) is 2. The SMILES string of the molecule is Cc1nc2ccccc2cc1C(=O)N1CCC[C@H](N)C1. The fourth-order valence-electron chi connectivity index (χ4n) is 2.79. The van der Waals surface area contributed by atoms with Crippen LogP contribution >= 0.6 is 0 Å². The van der Waals surface area contributed by atoms with Crippen molar-refractivity contribution in [1.29, 1.82) is 0 Å². The molecular formula is C16H19N3O. The molecule has 2 heterocycles. The lowest BCUT2D eigenvalue weighted by molar-refractivity contribution is 0.0708. The number of fused-ring (bicyclic) bond motifs is 1. The summed E-state index contributed by atoms with van der Waals surface area (Å²) in [6.45, 7) is 3.33. The van der Waals surface area contributed by atoms with Gasteiger partial charge in [0.25, 0.3) is 5.91 Å². The van der Waals surface area contributed by atoms with Crippen LogP contribution in [0.25, 0.3) is 10.9 Å². The second kappa shape index (κ2) is 5.21. The van der Waals surface area contributed by atoms with Crippen molar-refractivity contribution < 1.29 is 4.79 Å². The van der Waals surface area contributed by atoms with E-state index >= 15 is 0 Å². The molecule has 4 nitrogen and oxygen atoms in total. The number of rotatable bonds is 1. The monoisotopic (exact) mass is 269 g/mol. The van der Waals surface area contributed by atoms with E-state index in [1.165, 1.54) is 0 Å². The summed E-state index contributed by atoms with van der Waals surface area (Å²) in [6.07, 6.45) is 1.98. The van der Waals surface area contributed by atoms with Crippen LogP contribution in [0.1, 0.15) is 28.9 Å². The molecule has 1 aliphatic rings. The lowest BCUT2D eigenvalue weighted by atomic mass is 10.0. The molecule has 0 aliphatic carbocycles. The van der Waals surface area contributed by atoms with Crippen molar-refractivity contribution in [1.82, 2.24) is 9.88 Å². The van der Waals surface area contributed by atoms with Crippen LogP contribution in [0.2, 0.25) is 0 Å². The lowest BCUT2D eigenvalue weighted by Crippen LogP contribution is -2.45. The predicted molar refractivity (Wildman–Crippen MR) is 79.6 cm³/mol. The molecule has 0 radical (unpaired) electrons. The molecule has 0 bridgehead atoms. The number of benzene rings is 1. The van der Waals surface area contributed by atoms with Gasteiger partial charge in [-0.1, -0.05) is 18.2 Å². The van der Waals surface area contributed by atoms with Gasteiger partial charge in [-0.25, -0.2) is 0 Å². The van der Waals surface area contributed by atoms with E-state index in [-0.39, 0.29) is 11.9 Å². The highest BCUT2D eigenvalue weighted by atomic mass is 16.2. The molecule has 0 spiro atoms. The van der Waals surface area contributed by atoms with Crippen molar-refractivity contribution >= 4 is 16.8 Å². The molecule has 1 aromatic heterocycles. The van der Waals surface area contributed by atoms with Crippen molar-refractivity contribution in [2.45, 2.75) is 25.8 Å². The third-order valence-corrected chi connectivity index (χ3v) is 3.89. The van der Waals surface area contributed by atoms with Gasteiger partial charge in [-0.05, 0) is 31.9 Å². The number of likely N-dealkylation sites (tertiary alicyclic amines) is 1. The first-order chi connectivity index (χ1) is 9.65. The number of para-hydroxylation sites is 1. The summed E-state index contributed by atoms with van der Waals surface area (Å²) in [7, 11) is 0. The number of nitrogens with two attached hydrogens (primary N) is 1. The fourth-order valence-corrected chi connectivity index (χ4v) is 2.79. The zero-order valence-electron chi connectivity index (χ0n) is 11.7. The van der Waals surface area contributed by atoms with Gasteiger partial charge in [0.05, 0.1) is 16.8 Å². The van der Waals surface area contributed by atoms with Crippen molar-refractivity contribution in [3.8, 4) is 0 Å². The Balaban J connectivity index is 1.96. The average Bonchev–Trinajstić information content (AvgIpc) is 2.46. The Bertz CT molecular complexity index is 653. The van der Waals surface area contributed by atoms with E-state index in [1.54, 1.807) is 0 Å². The van der Waals surface area contributed by atoms with Gasteiger partial charge in [0, 0.05) is 24.5 Å². The molecule has 4 heteroatoms. The number of hydrogen-bond donors (Lipinski definition) is 1. The minimum absolute atomic E-state index is 0.0518. The fraction of sp³-hybridized carbons (Fsp3) is 0.375. The number of aryl methyl sites for hydroxylation is 1. The van der Waals surface area contributed by atoms with E-state index in [0.29, 0.717) is 12.1 Å². The number of hydrogen-bond acceptors (Lipinski definition) is 3. The molecule has 1 aromatic carbocycles. The van der Waals surface area contributed by atoms with Crippen molar-refractivity contribution in [2.75, 3.05) is 13.1 Å². The highest BCUT2D eigenvalue weighted by molar-refractivity contribution is 5.98. The maximum Gasteiger partial charge on any atom is 0.255 e. The first kappa shape index (κ1) is 13.1. The maximum atomic E-state index is 12.6. The molecule has 1 aliphatic heterocycles. The summed E-state index contributed by atoms with van der Waals surface area (Å²) < 4.78 is 0. The second-order valence-electron chi connectivity index (χ2n) is 5.47. The Labute approximate surface area is 118 Å². The Morgan fingerprint density at radius 3 is 3.00 bits per heavy atom. The topological polar surface area (TPSA) is 59.2 Å². The van der Waals surface area contributed by atoms with Crippen LogP contribution in [0.4, 0.5) is 0 Å². The highest BCUT2D eigenvalue weighted by Gasteiger charge is 2.23. The summed E-state index contributed by atoms with van der Waals surface area (Å²) in [5, 5.41) is 1.00. The molecule has 1 fully saturated rings. The molecule has 1 atom stereocenters. The quantitative estimate of drug-likeness (QED) is 0.862. The zero-order valence-corrected chi connectivity index (χ0v) is 11.7. The highest BCUT2D eigenvalue weighted by Crippen LogP contribution is 2.19. The molecule has 20 heavy (non-hydrogen) atoms. The van der Waals surface area contributed by atoms with Gasteiger partial charge < -0.3 is 10.6 Å². The van der Waals surface area contributed by atoms with Gasteiger partial charge in [-0.2, -0.15) is 0 Å². The van der Waals surface area contributed by atoms with Crippen LogP contribution in [0.3, 0.4) is 0 Å².